The van der Waals surface area contributed by atoms with Crippen LogP contribution < -0.4 is 0 Å². The first-order chi connectivity index (χ1) is 18.4. The van der Waals surface area contributed by atoms with Crippen molar-refractivity contribution in [3.05, 3.63) is 105 Å². The second kappa shape index (κ2) is 11.2. The van der Waals surface area contributed by atoms with Crippen LogP contribution in [-0.4, -0.2) is 42.3 Å². The average molecular weight is 520 g/mol. The molecule has 3 aromatic carbocycles. The second-order valence-corrected chi connectivity index (χ2v) is 10.4. The molecule has 1 aliphatic carbocycles. The summed E-state index contributed by atoms with van der Waals surface area (Å²) < 4.78 is 42.3. The van der Waals surface area contributed by atoms with Crippen molar-refractivity contribution < 1.29 is 23.1 Å². The van der Waals surface area contributed by atoms with Crippen LogP contribution in [0, 0.1) is 18.7 Å². The number of rotatable bonds is 8. The highest BCUT2D eigenvalue weighted by molar-refractivity contribution is 6.01. The molecule has 1 N–H and O–H groups in total. The van der Waals surface area contributed by atoms with Gasteiger partial charge in [0.25, 0.3) is 0 Å². The average Bonchev–Trinajstić information content (AvgIpc) is 3.08. The summed E-state index contributed by atoms with van der Waals surface area (Å²) in [5.74, 6) is -1.34. The fourth-order valence-electron chi connectivity index (χ4n) is 5.82. The normalized spacial score (nSPS) is 17.1. The standard InChI is InChI=1S/C32H32F3NO2/c1-20-26(6-3-8-29(20)34)28-7-2-5-23-17-24(32(37)38)13-14-27(23)30(28)21-9-11-22(12-10-21)31(35)25-18-36(19-25)16-4-15-33/h3,6,8-14,17,25,31H,2,4-5,7,15-16,18-19H2,1H3,(H,37,38). The maximum Gasteiger partial charge on any atom is 0.335 e. The number of carboxylic acid groups (broad SMARTS) is 1. The van der Waals surface area contributed by atoms with E-state index in [1.54, 1.807) is 25.1 Å². The summed E-state index contributed by atoms with van der Waals surface area (Å²) >= 11 is 0. The van der Waals surface area contributed by atoms with E-state index < -0.39 is 12.1 Å². The third-order valence-electron chi connectivity index (χ3n) is 7.91. The fourth-order valence-corrected chi connectivity index (χ4v) is 5.82. The summed E-state index contributed by atoms with van der Waals surface area (Å²) in [7, 11) is 0. The van der Waals surface area contributed by atoms with Gasteiger partial charge in [-0.15, -0.1) is 0 Å². The van der Waals surface area contributed by atoms with E-state index in [0.29, 0.717) is 50.0 Å². The topological polar surface area (TPSA) is 40.5 Å². The Bertz CT molecular complexity index is 1360. The second-order valence-electron chi connectivity index (χ2n) is 10.4. The van der Waals surface area contributed by atoms with Crippen molar-refractivity contribution in [3.63, 3.8) is 0 Å². The highest BCUT2D eigenvalue weighted by atomic mass is 19.1. The molecular weight excluding hydrogens is 487 g/mol. The van der Waals surface area contributed by atoms with Crippen molar-refractivity contribution in [1.29, 1.82) is 0 Å². The van der Waals surface area contributed by atoms with Gasteiger partial charge in [-0.2, -0.15) is 0 Å². The maximum atomic E-state index is 15.3. The molecule has 2 aliphatic rings. The van der Waals surface area contributed by atoms with E-state index in [9.17, 15) is 18.7 Å². The number of benzene rings is 3. The molecule has 0 radical (unpaired) electrons. The lowest BCUT2D eigenvalue weighted by Gasteiger charge is -2.41. The molecule has 1 heterocycles. The summed E-state index contributed by atoms with van der Waals surface area (Å²) in [6, 6.07) is 17.8. The Labute approximate surface area is 221 Å². The highest BCUT2D eigenvalue weighted by Crippen LogP contribution is 2.42. The predicted octanol–water partition coefficient (Wildman–Crippen LogP) is 7.43. The van der Waals surface area contributed by atoms with Gasteiger partial charge in [-0.25, -0.2) is 13.6 Å². The molecule has 1 saturated heterocycles. The fraction of sp³-hybridized carbons (Fsp3) is 0.344. The summed E-state index contributed by atoms with van der Waals surface area (Å²) in [4.78, 5) is 13.7. The van der Waals surface area contributed by atoms with Gasteiger partial charge in [0.2, 0.25) is 0 Å². The lowest BCUT2D eigenvalue weighted by molar-refractivity contribution is 0.0364. The van der Waals surface area contributed by atoms with E-state index >= 15 is 4.39 Å². The van der Waals surface area contributed by atoms with Crippen molar-refractivity contribution in [2.24, 2.45) is 5.92 Å². The third-order valence-corrected chi connectivity index (χ3v) is 7.91. The molecule has 0 aromatic heterocycles. The molecule has 6 heteroatoms. The number of fused-ring (bicyclic) bond motifs is 1. The first-order valence-corrected chi connectivity index (χ1v) is 13.2. The van der Waals surface area contributed by atoms with Gasteiger partial charge in [0.05, 0.1) is 12.2 Å². The van der Waals surface area contributed by atoms with Gasteiger partial charge in [-0.1, -0.05) is 42.5 Å². The van der Waals surface area contributed by atoms with E-state index in [1.807, 2.05) is 36.4 Å². The molecule has 0 saturated carbocycles. The third kappa shape index (κ3) is 5.14. The zero-order chi connectivity index (χ0) is 26.8. The molecular formula is C32H32F3NO2. The Kier molecular flexibility index (Phi) is 7.70. The molecule has 3 nitrogen and oxygen atoms in total. The molecule has 0 amide bonds. The zero-order valence-corrected chi connectivity index (χ0v) is 21.5. The van der Waals surface area contributed by atoms with Crippen molar-refractivity contribution >= 4 is 17.1 Å². The van der Waals surface area contributed by atoms with E-state index in [0.717, 1.165) is 39.8 Å². The predicted molar refractivity (Wildman–Crippen MR) is 144 cm³/mol. The van der Waals surface area contributed by atoms with E-state index in [1.165, 1.54) is 6.07 Å². The lowest BCUT2D eigenvalue weighted by atomic mass is 9.84. The number of halogens is 3. The van der Waals surface area contributed by atoms with Crippen molar-refractivity contribution in [1.82, 2.24) is 4.90 Å². The number of aromatic carboxylic acids is 1. The van der Waals surface area contributed by atoms with Gasteiger partial charge in [0, 0.05) is 25.6 Å². The minimum atomic E-state index is -1.09. The zero-order valence-electron chi connectivity index (χ0n) is 21.5. The molecule has 198 valence electrons. The molecule has 0 spiro atoms. The summed E-state index contributed by atoms with van der Waals surface area (Å²) in [5, 5.41) is 9.54. The van der Waals surface area contributed by atoms with Crippen LogP contribution in [0.1, 0.15) is 69.2 Å². The molecule has 1 fully saturated rings. The highest BCUT2D eigenvalue weighted by Gasteiger charge is 2.34. The van der Waals surface area contributed by atoms with Gasteiger partial charge in [-0.05, 0) is 95.3 Å². The Morgan fingerprint density at radius 3 is 2.53 bits per heavy atom. The lowest BCUT2D eigenvalue weighted by Crippen LogP contribution is -2.48. The number of aryl methyl sites for hydroxylation is 1. The molecule has 1 atom stereocenters. The molecule has 0 bridgehead atoms. The van der Waals surface area contributed by atoms with Gasteiger partial charge >= 0.3 is 5.97 Å². The van der Waals surface area contributed by atoms with Crippen molar-refractivity contribution in [3.8, 4) is 0 Å². The summed E-state index contributed by atoms with van der Waals surface area (Å²) in [5.41, 5.74) is 6.98. The van der Waals surface area contributed by atoms with E-state index in [2.05, 4.69) is 4.90 Å². The molecule has 38 heavy (non-hydrogen) atoms. The SMILES string of the molecule is Cc1c(F)cccc1C1=C(c2ccc(C(F)C3CN(CCCF)C3)cc2)c2ccc(C(=O)O)cc2CCC1. The Morgan fingerprint density at radius 2 is 1.82 bits per heavy atom. The number of nitrogens with zero attached hydrogens (tertiary/aromatic N) is 1. The number of alkyl halides is 2. The monoisotopic (exact) mass is 519 g/mol. The minimum absolute atomic E-state index is 0.0989. The summed E-state index contributed by atoms with van der Waals surface area (Å²) in [6.07, 6.45) is 1.61. The number of likely N-dealkylation sites (tertiary alicyclic amines) is 1. The van der Waals surface area contributed by atoms with E-state index in [4.69, 9.17) is 0 Å². The Balaban J connectivity index is 1.54. The Morgan fingerprint density at radius 1 is 1.05 bits per heavy atom. The smallest absolute Gasteiger partial charge is 0.335 e. The molecule has 5 rings (SSSR count). The number of hydrogen-bond acceptors (Lipinski definition) is 2. The minimum Gasteiger partial charge on any atom is -0.478 e. The number of hydrogen-bond donors (Lipinski definition) is 1. The first-order valence-electron chi connectivity index (χ1n) is 13.2. The largest absolute Gasteiger partial charge is 0.478 e. The maximum absolute atomic E-state index is 15.3. The number of allylic oxidation sites excluding steroid dienone is 1. The van der Waals surface area contributed by atoms with Crippen LogP contribution in [0.15, 0.2) is 60.7 Å². The molecule has 1 unspecified atom stereocenters. The van der Waals surface area contributed by atoms with Crippen LogP contribution >= 0.6 is 0 Å². The first kappa shape index (κ1) is 26.2. The van der Waals surface area contributed by atoms with Crippen LogP contribution in [0.25, 0.3) is 11.1 Å². The van der Waals surface area contributed by atoms with Crippen LogP contribution in [0.2, 0.25) is 0 Å². The van der Waals surface area contributed by atoms with Crippen molar-refractivity contribution in [2.45, 2.75) is 38.8 Å². The van der Waals surface area contributed by atoms with E-state index in [-0.39, 0.29) is 24.0 Å². The van der Waals surface area contributed by atoms with Crippen LogP contribution in [0.4, 0.5) is 13.2 Å². The van der Waals surface area contributed by atoms with Gasteiger partial charge in [0.1, 0.15) is 12.0 Å². The van der Waals surface area contributed by atoms with Crippen molar-refractivity contribution in [2.75, 3.05) is 26.3 Å². The molecule has 3 aromatic rings. The summed E-state index contributed by atoms with van der Waals surface area (Å²) in [6.45, 7) is 3.36. The van der Waals surface area contributed by atoms with Crippen LogP contribution in [-0.2, 0) is 6.42 Å². The van der Waals surface area contributed by atoms with Gasteiger partial charge in [-0.3, -0.25) is 4.39 Å². The quantitative estimate of drug-likeness (QED) is 0.336. The Hall–Kier alpha value is -3.38. The number of carbonyl (C=O) groups is 1. The van der Waals surface area contributed by atoms with Gasteiger partial charge < -0.3 is 10.0 Å². The van der Waals surface area contributed by atoms with Gasteiger partial charge in [0.15, 0.2) is 0 Å². The van der Waals surface area contributed by atoms with Crippen LogP contribution in [0.3, 0.4) is 0 Å². The van der Waals surface area contributed by atoms with Crippen LogP contribution in [0.5, 0.6) is 0 Å². The number of carboxylic acids is 1. The molecule has 1 aliphatic heterocycles.